The highest BCUT2D eigenvalue weighted by Crippen LogP contribution is 2.30. The highest BCUT2D eigenvalue weighted by molar-refractivity contribution is 5.96. The van der Waals surface area contributed by atoms with Gasteiger partial charge < -0.3 is 25.4 Å². The Labute approximate surface area is 195 Å². The van der Waals surface area contributed by atoms with Gasteiger partial charge in [0, 0.05) is 30.7 Å². The maximum absolute atomic E-state index is 10.6. The van der Waals surface area contributed by atoms with Gasteiger partial charge in [-0.05, 0) is 43.2 Å². The molecule has 1 fully saturated rings. The average Bonchev–Trinajstić information content (AvgIpc) is 2.83. The van der Waals surface area contributed by atoms with Gasteiger partial charge in [0.15, 0.2) is 5.96 Å². The summed E-state index contributed by atoms with van der Waals surface area (Å²) in [6.45, 7) is 6.46. The molecule has 0 bridgehead atoms. The quantitative estimate of drug-likeness (QED) is 0.302. The van der Waals surface area contributed by atoms with E-state index < -0.39 is 0 Å². The zero-order valence-corrected chi connectivity index (χ0v) is 19.5. The fraction of sp³-hybridized carbons (Fsp3) is 0.296. The number of aromatic hydroxyl groups is 1. The van der Waals surface area contributed by atoms with E-state index in [1.54, 1.807) is 13.2 Å². The van der Waals surface area contributed by atoms with Crippen molar-refractivity contribution in [1.29, 1.82) is 0 Å². The summed E-state index contributed by atoms with van der Waals surface area (Å²) in [6, 6.07) is 24.4. The van der Waals surface area contributed by atoms with Crippen LogP contribution in [0.3, 0.4) is 0 Å². The Morgan fingerprint density at radius 2 is 1.70 bits per heavy atom. The first-order valence-electron chi connectivity index (χ1n) is 11.4. The molecule has 1 aliphatic heterocycles. The Kier molecular flexibility index (Phi) is 7.15. The lowest BCUT2D eigenvalue weighted by atomic mass is 10.0. The van der Waals surface area contributed by atoms with E-state index in [4.69, 9.17) is 9.73 Å². The molecule has 0 spiro atoms. The monoisotopic (exact) mass is 444 g/mol. The van der Waals surface area contributed by atoms with Crippen molar-refractivity contribution < 1.29 is 9.84 Å². The lowest BCUT2D eigenvalue weighted by Gasteiger charge is -2.38. The number of phenols is 1. The maximum Gasteiger partial charge on any atom is 0.199 e. The van der Waals surface area contributed by atoms with E-state index in [0.29, 0.717) is 24.3 Å². The average molecular weight is 445 g/mol. The molecule has 0 saturated carbocycles. The Morgan fingerprint density at radius 1 is 1.00 bits per heavy atom. The Hall–Kier alpha value is -3.51. The van der Waals surface area contributed by atoms with Crippen molar-refractivity contribution in [2.75, 3.05) is 25.5 Å². The van der Waals surface area contributed by atoms with Crippen LogP contribution in [0.1, 0.15) is 19.4 Å². The van der Waals surface area contributed by atoms with E-state index >= 15 is 0 Å². The van der Waals surface area contributed by atoms with Gasteiger partial charge in [-0.25, -0.2) is 4.99 Å². The van der Waals surface area contributed by atoms with Crippen molar-refractivity contribution in [1.82, 2.24) is 10.2 Å². The van der Waals surface area contributed by atoms with Gasteiger partial charge in [-0.1, -0.05) is 54.6 Å². The molecule has 1 heterocycles. The molecule has 1 saturated heterocycles. The first-order chi connectivity index (χ1) is 16.0. The fourth-order valence-electron chi connectivity index (χ4n) is 4.28. The largest absolute Gasteiger partial charge is 0.506 e. The summed E-state index contributed by atoms with van der Waals surface area (Å²) >= 11 is 0. The van der Waals surface area contributed by atoms with E-state index in [1.165, 1.54) is 0 Å². The zero-order valence-electron chi connectivity index (χ0n) is 19.5. The zero-order chi connectivity index (χ0) is 23.2. The van der Waals surface area contributed by atoms with Crippen molar-refractivity contribution in [2.24, 2.45) is 4.99 Å². The van der Waals surface area contributed by atoms with Gasteiger partial charge in [-0.15, -0.1) is 0 Å². The fourth-order valence-corrected chi connectivity index (χ4v) is 4.28. The van der Waals surface area contributed by atoms with Crippen LogP contribution in [0.15, 0.2) is 77.8 Å². The summed E-state index contributed by atoms with van der Waals surface area (Å²) < 4.78 is 5.51. The molecule has 1 aliphatic rings. The second-order valence-electron chi connectivity index (χ2n) is 8.55. The molecule has 0 aliphatic carbocycles. The minimum absolute atomic E-state index is 0.191. The van der Waals surface area contributed by atoms with Crippen LogP contribution in [0.25, 0.3) is 11.1 Å². The number of hydrogen-bond donors (Lipinski definition) is 3. The maximum atomic E-state index is 10.6. The van der Waals surface area contributed by atoms with Crippen molar-refractivity contribution in [3.8, 4) is 22.6 Å². The van der Waals surface area contributed by atoms with Crippen LogP contribution in [0, 0.1) is 0 Å². The van der Waals surface area contributed by atoms with Crippen molar-refractivity contribution in [3.63, 3.8) is 0 Å². The number of para-hydroxylation sites is 1. The molecule has 6 nitrogen and oxygen atoms in total. The number of methoxy groups -OCH3 is 1. The second kappa shape index (κ2) is 10.4. The number of phenolic OH excluding ortho intramolecular Hbond substituents is 1. The number of aliphatic imine (C=N–C) groups is 1. The molecule has 3 aromatic carbocycles. The summed E-state index contributed by atoms with van der Waals surface area (Å²) in [5.41, 5.74) is 3.77. The molecule has 0 radical (unpaired) electrons. The van der Waals surface area contributed by atoms with Gasteiger partial charge in [0.1, 0.15) is 11.5 Å². The number of hydrogen-bond acceptors (Lipinski definition) is 4. The van der Waals surface area contributed by atoms with Crippen LogP contribution in [-0.4, -0.2) is 48.2 Å². The first-order valence-corrected chi connectivity index (χ1v) is 11.4. The first kappa shape index (κ1) is 22.7. The molecule has 172 valence electrons. The highest BCUT2D eigenvalue weighted by atomic mass is 16.5. The molecule has 6 heteroatoms. The highest BCUT2D eigenvalue weighted by Gasteiger charge is 2.24. The van der Waals surface area contributed by atoms with Crippen LogP contribution >= 0.6 is 0 Å². The van der Waals surface area contributed by atoms with E-state index in [0.717, 1.165) is 41.5 Å². The number of guanidine groups is 1. The predicted octanol–water partition coefficient (Wildman–Crippen LogP) is 4.72. The molecule has 3 N–H and O–H groups in total. The number of ether oxygens (including phenoxy) is 1. The van der Waals surface area contributed by atoms with Crippen LogP contribution in [0.4, 0.5) is 5.69 Å². The number of nitrogens with one attached hydrogen (secondary N) is 2. The predicted molar refractivity (Wildman–Crippen MR) is 135 cm³/mol. The van der Waals surface area contributed by atoms with Gasteiger partial charge >= 0.3 is 0 Å². The number of benzene rings is 3. The van der Waals surface area contributed by atoms with E-state index in [-0.39, 0.29) is 5.75 Å². The molecule has 3 aromatic rings. The third-order valence-corrected chi connectivity index (χ3v) is 5.80. The molecule has 0 amide bonds. The van der Waals surface area contributed by atoms with Gasteiger partial charge in [0.05, 0.1) is 19.3 Å². The molecule has 33 heavy (non-hydrogen) atoms. The number of nitrogens with zero attached hydrogens (tertiary/aromatic N) is 2. The number of piperazine rings is 1. The van der Waals surface area contributed by atoms with Crippen molar-refractivity contribution in [3.05, 3.63) is 78.4 Å². The smallest absolute Gasteiger partial charge is 0.199 e. The van der Waals surface area contributed by atoms with Crippen LogP contribution in [0.5, 0.6) is 11.5 Å². The molecular weight excluding hydrogens is 412 g/mol. The summed E-state index contributed by atoms with van der Waals surface area (Å²) in [7, 11) is 1.68. The van der Waals surface area contributed by atoms with Crippen LogP contribution in [-0.2, 0) is 6.54 Å². The molecule has 2 atom stereocenters. The number of anilines is 1. The van der Waals surface area contributed by atoms with Gasteiger partial charge in [-0.2, -0.15) is 0 Å². The lowest BCUT2D eigenvalue weighted by Crippen LogP contribution is -2.57. The topological polar surface area (TPSA) is 69.1 Å². The Bertz CT molecular complexity index is 1090. The second-order valence-corrected chi connectivity index (χ2v) is 8.55. The lowest BCUT2D eigenvalue weighted by molar-refractivity contribution is 0.254. The van der Waals surface area contributed by atoms with Gasteiger partial charge in [0.2, 0.25) is 0 Å². The van der Waals surface area contributed by atoms with E-state index in [9.17, 15) is 5.11 Å². The Morgan fingerprint density at radius 3 is 2.42 bits per heavy atom. The molecular formula is C27H32N4O2. The van der Waals surface area contributed by atoms with E-state index in [2.05, 4.69) is 41.5 Å². The summed E-state index contributed by atoms with van der Waals surface area (Å²) in [6.07, 6.45) is 0. The van der Waals surface area contributed by atoms with Gasteiger partial charge in [-0.3, -0.25) is 0 Å². The van der Waals surface area contributed by atoms with Crippen molar-refractivity contribution >= 4 is 11.6 Å². The molecule has 2 unspecified atom stereocenters. The summed E-state index contributed by atoms with van der Waals surface area (Å²) in [5.74, 6) is 1.74. The van der Waals surface area contributed by atoms with E-state index in [1.807, 2.05) is 54.6 Å². The van der Waals surface area contributed by atoms with Crippen LogP contribution in [0.2, 0.25) is 0 Å². The van der Waals surface area contributed by atoms with Crippen LogP contribution < -0.4 is 15.4 Å². The summed E-state index contributed by atoms with van der Waals surface area (Å²) in [5, 5.41) is 17.6. The Balaban J connectivity index is 1.66. The minimum Gasteiger partial charge on any atom is -0.506 e. The normalized spacial score (nSPS) is 18.8. The summed E-state index contributed by atoms with van der Waals surface area (Å²) in [4.78, 5) is 7.19. The standard InChI is InChI=1S/C27H32N4O2/c1-19-17-31(18-20(2)29-19)27(28-16-23-11-7-8-12-26(23)33-3)30-24-15-22(13-14-25(24)32)21-9-5-4-6-10-21/h4-15,19-20,29,32H,16-18H2,1-3H3,(H,28,30). The third kappa shape index (κ3) is 5.65. The molecule has 0 aromatic heterocycles. The third-order valence-electron chi connectivity index (χ3n) is 5.80. The van der Waals surface area contributed by atoms with Crippen molar-refractivity contribution in [2.45, 2.75) is 32.5 Å². The molecule has 4 rings (SSSR count). The SMILES string of the molecule is COc1ccccc1CN=C(Nc1cc(-c2ccccc2)ccc1O)N1CC(C)NC(C)C1. The number of rotatable bonds is 5. The van der Waals surface area contributed by atoms with Gasteiger partial charge in [0.25, 0.3) is 0 Å². The minimum atomic E-state index is 0.191.